The third kappa shape index (κ3) is 7.55. The summed E-state index contributed by atoms with van der Waals surface area (Å²) in [6.45, 7) is 0.821. The van der Waals surface area contributed by atoms with E-state index in [9.17, 15) is 27.9 Å². The Kier molecular flexibility index (Phi) is 10.7. The summed E-state index contributed by atoms with van der Waals surface area (Å²) in [5.74, 6) is -0.674. The van der Waals surface area contributed by atoms with Crippen molar-refractivity contribution in [2.45, 2.75) is 82.7 Å². The van der Waals surface area contributed by atoms with Gasteiger partial charge >= 0.3 is 12.1 Å². The number of rotatable bonds is 12. The van der Waals surface area contributed by atoms with Gasteiger partial charge in [-0.15, -0.1) is 0 Å². The minimum absolute atomic E-state index is 0.00227. The van der Waals surface area contributed by atoms with E-state index >= 15 is 0 Å². The highest BCUT2D eigenvalue weighted by atomic mass is 35.5. The molecule has 0 unspecified atom stereocenters. The van der Waals surface area contributed by atoms with E-state index in [2.05, 4.69) is 20.9 Å². The number of halogens is 4. The lowest BCUT2D eigenvalue weighted by molar-refractivity contribution is -0.160. The Morgan fingerprint density at radius 1 is 0.983 bits per heavy atom. The Bertz CT molecular complexity index is 2290. The average Bonchev–Trinajstić information content (AvgIpc) is 3.83. The predicted molar refractivity (Wildman–Crippen MR) is 212 cm³/mol. The van der Waals surface area contributed by atoms with Crippen LogP contribution in [0.1, 0.15) is 78.8 Å². The van der Waals surface area contributed by atoms with Crippen LogP contribution in [0, 0.1) is 5.41 Å². The zero-order chi connectivity index (χ0) is 40.8. The monoisotopic (exact) mass is 816 g/mol. The van der Waals surface area contributed by atoms with Gasteiger partial charge in [0, 0.05) is 66.2 Å². The van der Waals surface area contributed by atoms with Crippen molar-refractivity contribution in [1.82, 2.24) is 25.5 Å². The van der Waals surface area contributed by atoms with Gasteiger partial charge in [0.05, 0.1) is 42.0 Å². The van der Waals surface area contributed by atoms with E-state index in [-0.39, 0.29) is 42.3 Å². The molecule has 2 aliphatic carbocycles. The number of hydrogen-bond donors (Lipinski definition) is 4. The second kappa shape index (κ2) is 15.8. The molecule has 3 saturated heterocycles. The molecular formula is C43H44ClF3N6O5. The van der Waals surface area contributed by atoms with Crippen LogP contribution in [-0.2, 0) is 35.3 Å². The number of amides is 1. The van der Waals surface area contributed by atoms with Crippen LogP contribution >= 0.6 is 11.6 Å². The van der Waals surface area contributed by atoms with Crippen molar-refractivity contribution in [3.8, 4) is 34.1 Å². The van der Waals surface area contributed by atoms with Gasteiger partial charge in [0.1, 0.15) is 5.82 Å². The van der Waals surface area contributed by atoms with E-state index in [1.54, 1.807) is 13.3 Å². The van der Waals surface area contributed by atoms with Gasteiger partial charge in [-0.25, -0.2) is 4.98 Å². The number of hydrogen-bond acceptors (Lipinski definition) is 9. The molecule has 2 aromatic heterocycles. The van der Waals surface area contributed by atoms with Crippen molar-refractivity contribution < 1.29 is 37.3 Å². The van der Waals surface area contributed by atoms with Gasteiger partial charge < -0.3 is 30.5 Å². The number of alkyl halides is 3. The molecule has 4 N–H and O–H groups in total. The molecule has 0 spiro atoms. The zero-order valence-corrected chi connectivity index (χ0v) is 32.9. The zero-order valence-electron chi connectivity index (χ0n) is 32.1. The molecule has 1 atom stereocenters. The summed E-state index contributed by atoms with van der Waals surface area (Å²) in [6, 6.07) is 16.0. The fraction of sp³-hybridized carbons (Fsp3) is 0.395. The largest absolute Gasteiger partial charge is 0.481 e. The summed E-state index contributed by atoms with van der Waals surface area (Å²) in [6.07, 6.45) is 1.84. The molecule has 58 heavy (non-hydrogen) atoms. The number of aliphatic carboxylic acids is 1. The van der Waals surface area contributed by atoms with E-state index in [0.717, 1.165) is 39.6 Å². The maximum atomic E-state index is 14.8. The second-order valence-corrected chi connectivity index (χ2v) is 15.9. The standard InChI is InChI=1S/C43H44ClF3N6O5/c1-57-39-24(20-48-21-26-10-14-36(54)49-26)9-12-35(51-39)32-8-4-7-31(37(32)44)28-5-3-6-30-29(28)11-13-34(30)50-38-33(43(45,46)47)19-25(40(52-38)58-2)22-53-23-42(41(55)56)17-15-27(53)16-18-42/h3-9,12,19,21,27,34,48H,10-11,13-18,20,22-23H2,1-2H3,(H,49,54)(H,50,52)(H,55,56)/b26-21+/t27?,34-,42?/m0/s1. The minimum Gasteiger partial charge on any atom is -0.481 e. The van der Waals surface area contributed by atoms with Gasteiger partial charge in [0.15, 0.2) is 0 Å². The van der Waals surface area contributed by atoms with Gasteiger partial charge in [-0.3, -0.25) is 14.5 Å². The molecule has 0 radical (unpaired) electrons. The number of aromatic nitrogens is 2. The quantitative estimate of drug-likeness (QED) is 0.111. The van der Waals surface area contributed by atoms with Gasteiger partial charge in [0.25, 0.3) is 0 Å². The van der Waals surface area contributed by atoms with Crippen molar-refractivity contribution in [1.29, 1.82) is 0 Å². The normalized spacial score (nSPS) is 22.2. The molecule has 2 aromatic carbocycles. The molecule has 5 heterocycles. The molecule has 1 saturated carbocycles. The van der Waals surface area contributed by atoms with E-state index in [1.165, 1.54) is 7.11 Å². The van der Waals surface area contributed by atoms with Crippen molar-refractivity contribution in [3.05, 3.63) is 99.3 Å². The van der Waals surface area contributed by atoms with Crippen LogP contribution in [0.3, 0.4) is 0 Å². The topological polar surface area (TPSA) is 138 Å². The number of benzene rings is 2. The van der Waals surface area contributed by atoms with Gasteiger partial charge in [-0.05, 0) is 79.8 Å². The summed E-state index contributed by atoms with van der Waals surface area (Å²) < 4.78 is 55.5. The maximum absolute atomic E-state index is 14.8. The molecule has 15 heteroatoms. The van der Waals surface area contributed by atoms with Crippen LogP contribution in [0.4, 0.5) is 19.0 Å². The first-order chi connectivity index (χ1) is 27.9. The lowest BCUT2D eigenvalue weighted by Crippen LogP contribution is -2.56. The Morgan fingerprint density at radius 2 is 1.71 bits per heavy atom. The molecule has 5 aliphatic rings. The number of carbonyl (C=O) groups is 2. The van der Waals surface area contributed by atoms with Crippen LogP contribution in [0.15, 0.2) is 66.5 Å². The molecule has 3 aliphatic heterocycles. The number of ether oxygens (including phenoxy) is 2. The fourth-order valence-electron chi connectivity index (χ4n) is 9.07. The Morgan fingerprint density at radius 3 is 2.41 bits per heavy atom. The highest BCUT2D eigenvalue weighted by Gasteiger charge is 2.50. The Labute approximate surface area is 339 Å². The van der Waals surface area contributed by atoms with Crippen molar-refractivity contribution in [3.63, 3.8) is 0 Å². The average molecular weight is 817 g/mol. The predicted octanol–water partition coefficient (Wildman–Crippen LogP) is 8.27. The lowest BCUT2D eigenvalue weighted by Gasteiger charge is -2.50. The van der Waals surface area contributed by atoms with E-state index in [1.807, 2.05) is 53.4 Å². The molecular weight excluding hydrogens is 773 g/mol. The van der Waals surface area contributed by atoms with Crippen molar-refractivity contribution >= 4 is 29.3 Å². The van der Waals surface area contributed by atoms with Crippen LogP contribution in [-0.4, -0.2) is 58.7 Å². The number of carboxylic acid groups (broad SMARTS) is 1. The number of methoxy groups -OCH3 is 2. The number of nitrogens with zero attached hydrogens (tertiary/aromatic N) is 3. The summed E-state index contributed by atoms with van der Waals surface area (Å²) in [7, 11) is 2.93. The number of anilines is 1. The molecule has 2 bridgehead atoms. The number of carboxylic acids is 1. The molecule has 1 amide bonds. The van der Waals surface area contributed by atoms with Gasteiger partial charge in [-0.1, -0.05) is 48.0 Å². The minimum atomic E-state index is -4.71. The number of allylic oxidation sites excluding steroid dienone is 1. The summed E-state index contributed by atoms with van der Waals surface area (Å²) in [4.78, 5) is 34.9. The Hall–Kier alpha value is -5.34. The summed E-state index contributed by atoms with van der Waals surface area (Å²) >= 11 is 7.15. The van der Waals surface area contributed by atoms with Crippen LogP contribution in [0.2, 0.25) is 5.02 Å². The number of pyridine rings is 2. The number of nitrogens with one attached hydrogen (secondary N) is 3. The molecule has 9 rings (SSSR count). The SMILES string of the molecule is COc1nc(-c2cccc(-c3cccc4c3CC[C@@H]4Nc3nc(OC)c(CN4CC5(C(=O)O)CCC4CC5)cc3C(F)(F)F)c2Cl)ccc1CN/C=C1\CCC(=O)N1. The highest BCUT2D eigenvalue weighted by molar-refractivity contribution is 6.36. The van der Waals surface area contributed by atoms with Crippen LogP contribution < -0.4 is 25.4 Å². The number of fused-ring (bicyclic) bond motifs is 4. The first-order valence-electron chi connectivity index (χ1n) is 19.4. The lowest BCUT2D eigenvalue weighted by atomic mass is 9.67. The van der Waals surface area contributed by atoms with E-state index < -0.39 is 29.2 Å². The number of carbonyl (C=O) groups excluding carboxylic acids is 1. The van der Waals surface area contributed by atoms with Crippen LogP contribution in [0.25, 0.3) is 22.4 Å². The van der Waals surface area contributed by atoms with E-state index in [4.69, 9.17) is 26.1 Å². The molecule has 11 nitrogen and oxygen atoms in total. The Balaban J connectivity index is 1.04. The maximum Gasteiger partial charge on any atom is 0.419 e. The highest BCUT2D eigenvalue weighted by Crippen LogP contribution is 2.48. The number of piperidine rings is 2. The third-order valence-corrected chi connectivity index (χ3v) is 12.5. The first kappa shape index (κ1) is 39.5. The molecule has 4 aromatic rings. The second-order valence-electron chi connectivity index (χ2n) is 15.5. The van der Waals surface area contributed by atoms with Crippen LogP contribution in [0.5, 0.6) is 11.8 Å². The fourth-order valence-corrected chi connectivity index (χ4v) is 9.39. The van der Waals surface area contributed by atoms with Gasteiger partial charge in [0.2, 0.25) is 17.7 Å². The van der Waals surface area contributed by atoms with E-state index in [0.29, 0.717) is 80.1 Å². The molecule has 304 valence electrons. The first-order valence-corrected chi connectivity index (χ1v) is 19.8. The third-order valence-electron chi connectivity index (χ3n) is 12.1. The van der Waals surface area contributed by atoms with Crippen molar-refractivity contribution in [2.24, 2.45) is 5.41 Å². The van der Waals surface area contributed by atoms with Gasteiger partial charge in [-0.2, -0.15) is 18.2 Å². The van der Waals surface area contributed by atoms with Crippen molar-refractivity contribution in [2.75, 3.05) is 26.1 Å². The summed E-state index contributed by atoms with van der Waals surface area (Å²) in [5.41, 5.74) is 4.91. The molecule has 4 fully saturated rings. The smallest absolute Gasteiger partial charge is 0.419 e. The summed E-state index contributed by atoms with van der Waals surface area (Å²) in [5, 5.41) is 19.6.